The molecule has 9 nitrogen and oxygen atoms in total. The fourth-order valence-corrected chi connectivity index (χ4v) is 5.48. The molecule has 0 unspecified atom stereocenters. The Labute approximate surface area is 250 Å². The highest BCUT2D eigenvalue weighted by molar-refractivity contribution is 6.30. The van der Waals surface area contributed by atoms with Gasteiger partial charge in [-0.05, 0) is 76.3 Å². The molecule has 1 aliphatic carbocycles. The van der Waals surface area contributed by atoms with Crippen LogP contribution in [0.3, 0.4) is 0 Å². The van der Waals surface area contributed by atoms with Gasteiger partial charge in [-0.2, -0.15) is 0 Å². The fourth-order valence-electron chi connectivity index (χ4n) is 5.28. The van der Waals surface area contributed by atoms with Gasteiger partial charge in [0.25, 0.3) is 5.91 Å². The molecule has 0 radical (unpaired) electrons. The second-order valence-corrected chi connectivity index (χ2v) is 12.0. The summed E-state index contributed by atoms with van der Waals surface area (Å²) in [5.74, 6) is -1.10. The number of halogens is 2. The summed E-state index contributed by atoms with van der Waals surface area (Å²) < 4.78 is 20.9. The number of anilines is 1. The van der Waals surface area contributed by atoms with E-state index < -0.39 is 29.4 Å². The topological polar surface area (TPSA) is 131 Å². The van der Waals surface area contributed by atoms with Crippen molar-refractivity contribution >= 4 is 29.4 Å². The van der Waals surface area contributed by atoms with Gasteiger partial charge in [-0.15, -0.1) is 0 Å². The monoisotopic (exact) mass is 597 g/mol. The highest BCUT2D eigenvalue weighted by Gasteiger charge is 2.31. The molecule has 1 aliphatic rings. The summed E-state index contributed by atoms with van der Waals surface area (Å²) >= 11 is 6.19. The van der Waals surface area contributed by atoms with Crippen LogP contribution in [0.5, 0.6) is 0 Å². The van der Waals surface area contributed by atoms with E-state index in [1.807, 2.05) is 0 Å². The van der Waals surface area contributed by atoms with Crippen LogP contribution in [0.2, 0.25) is 5.02 Å². The third-order valence-electron chi connectivity index (χ3n) is 7.69. The highest BCUT2D eigenvalue weighted by atomic mass is 35.5. The van der Waals surface area contributed by atoms with Gasteiger partial charge >= 0.3 is 6.09 Å². The number of carbonyl (C=O) groups is 2. The van der Waals surface area contributed by atoms with Crippen LogP contribution in [0.15, 0.2) is 48.7 Å². The van der Waals surface area contributed by atoms with Gasteiger partial charge in [0, 0.05) is 35.7 Å². The maximum Gasteiger partial charge on any atom is 0.407 e. The third kappa shape index (κ3) is 7.35. The first-order valence-corrected chi connectivity index (χ1v) is 14.3. The lowest BCUT2D eigenvalue weighted by Crippen LogP contribution is -2.49. The van der Waals surface area contributed by atoms with E-state index in [0.29, 0.717) is 21.8 Å². The van der Waals surface area contributed by atoms with Crippen LogP contribution in [0.1, 0.15) is 80.0 Å². The lowest BCUT2D eigenvalue weighted by atomic mass is 9.85. The molecular formula is C31H37ClFN5O4. The summed E-state index contributed by atoms with van der Waals surface area (Å²) in [6.45, 7) is 5.19. The molecule has 3 aromatic rings. The number of carboxylic acid groups (broad SMARTS) is 1. The van der Waals surface area contributed by atoms with E-state index in [4.69, 9.17) is 27.1 Å². The Hall–Kier alpha value is -3.76. The van der Waals surface area contributed by atoms with E-state index >= 15 is 4.39 Å². The molecule has 1 fully saturated rings. The van der Waals surface area contributed by atoms with Crippen molar-refractivity contribution in [1.29, 1.82) is 0 Å². The maximum atomic E-state index is 15.5. The molecule has 4 rings (SSSR count). The average molecular weight is 598 g/mol. The number of hydrogen-bond donors (Lipinski definition) is 3. The summed E-state index contributed by atoms with van der Waals surface area (Å²) in [5, 5.41) is 13.1. The zero-order valence-corrected chi connectivity index (χ0v) is 25.0. The normalized spacial score (nSPS) is 17.9. The van der Waals surface area contributed by atoms with Crippen molar-refractivity contribution in [2.75, 3.05) is 19.4 Å². The summed E-state index contributed by atoms with van der Waals surface area (Å²) in [7, 11) is 1.72. The average Bonchev–Trinajstić information content (AvgIpc) is 2.94. The second-order valence-electron chi connectivity index (χ2n) is 11.6. The molecule has 1 atom stereocenters. The molecule has 0 spiro atoms. The van der Waals surface area contributed by atoms with Crippen LogP contribution in [0.4, 0.5) is 15.0 Å². The molecule has 2 amide bonds. The molecule has 4 N–H and O–H groups in total. The predicted octanol–water partition coefficient (Wildman–Crippen LogP) is 6.44. The largest absolute Gasteiger partial charge is 0.465 e. The standard InChI is InChI=1S/C31H37ClFN5O4/c1-31(2,3)38(30(40)41)17-26(19-6-5-7-21(32)14-19)37-29(39)23-13-10-20(15-24(23)33)27-28(34)35-16-25(36-27)18-8-11-22(42-4)12-9-18/h5-7,10,13-16,18,22,26H,8-9,11-12,17H2,1-4H3,(H2,34,35)(H,37,39)(H,40,41)/t18?,22?,26-/m1/s1. The van der Waals surface area contributed by atoms with E-state index in [1.165, 1.54) is 17.0 Å². The molecule has 0 aliphatic heterocycles. The van der Waals surface area contributed by atoms with Crippen LogP contribution in [0.25, 0.3) is 11.3 Å². The van der Waals surface area contributed by atoms with E-state index in [0.717, 1.165) is 31.4 Å². The molecule has 0 bridgehead atoms. The lowest BCUT2D eigenvalue weighted by molar-refractivity contribution is 0.0655. The Bertz CT molecular complexity index is 1440. The van der Waals surface area contributed by atoms with Gasteiger partial charge in [-0.1, -0.05) is 29.8 Å². The smallest absolute Gasteiger partial charge is 0.407 e. The zero-order valence-electron chi connectivity index (χ0n) is 24.2. The molecule has 2 aromatic carbocycles. The van der Waals surface area contributed by atoms with Crippen molar-refractivity contribution in [2.45, 2.75) is 70.1 Å². The second kappa shape index (κ2) is 13.0. The number of nitrogen functional groups attached to an aromatic ring is 1. The summed E-state index contributed by atoms with van der Waals surface area (Å²) in [5.41, 5.74) is 7.31. The number of amides is 2. The number of nitrogens with two attached hydrogens (primary N) is 1. The van der Waals surface area contributed by atoms with Crippen LogP contribution < -0.4 is 11.1 Å². The maximum absolute atomic E-state index is 15.5. The minimum atomic E-state index is -1.15. The Kier molecular flexibility index (Phi) is 9.68. The summed E-state index contributed by atoms with van der Waals surface area (Å²) in [4.78, 5) is 35.7. The van der Waals surface area contributed by atoms with Gasteiger partial charge in [0.2, 0.25) is 0 Å². The van der Waals surface area contributed by atoms with Crippen LogP contribution in [-0.4, -0.2) is 57.3 Å². The predicted molar refractivity (Wildman–Crippen MR) is 160 cm³/mol. The zero-order chi connectivity index (χ0) is 30.6. The molecule has 1 aromatic heterocycles. The van der Waals surface area contributed by atoms with Crippen molar-refractivity contribution in [3.63, 3.8) is 0 Å². The summed E-state index contributed by atoms with van der Waals surface area (Å²) in [6.07, 6.45) is 4.44. The SMILES string of the molecule is COC1CCC(c2cnc(N)c(-c3ccc(C(=O)N[C@H](CN(C(=O)O)C(C)(C)C)c4cccc(Cl)c4)c(F)c3)n2)CC1. The minimum absolute atomic E-state index is 0.0736. The highest BCUT2D eigenvalue weighted by Crippen LogP contribution is 2.35. The molecule has 42 heavy (non-hydrogen) atoms. The van der Waals surface area contributed by atoms with Gasteiger partial charge in [-0.3, -0.25) is 4.79 Å². The fraction of sp³-hybridized carbons (Fsp3) is 0.419. The lowest BCUT2D eigenvalue weighted by Gasteiger charge is -2.36. The number of rotatable bonds is 8. The number of hydrogen-bond acceptors (Lipinski definition) is 6. The molecule has 1 heterocycles. The Balaban J connectivity index is 1.59. The number of aromatic nitrogens is 2. The van der Waals surface area contributed by atoms with Gasteiger partial charge < -0.3 is 25.8 Å². The number of methoxy groups -OCH3 is 1. The van der Waals surface area contributed by atoms with Crippen molar-refractivity contribution < 1.29 is 23.8 Å². The Morgan fingerprint density at radius 1 is 1.19 bits per heavy atom. The molecule has 1 saturated carbocycles. The Morgan fingerprint density at radius 3 is 2.50 bits per heavy atom. The van der Waals surface area contributed by atoms with Gasteiger partial charge in [0.05, 0.1) is 29.6 Å². The van der Waals surface area contributed by atoms with Gasteiger partial charge in [0.15, 0.2) is 0 Å². The first kappa shape index (κ1) is 31.2. The summed E-state index contributed by atoms with van der Waals surface area (Å²) in [6, 6.07) is 10.1. The Morgan fingerprint density at radius 2 is 1.90 bits per heavy atom. The first-order chi connectivity index (χ1) is 19.9. The first-order valence-electron chi connectivity index (χ1n) is 13.9. The van der Waals surface area contributed by atoms with Crippen molar-refractivity contribution in [1.82, 2.24) is 20.2 Å². The number of nitrogens with one attached hydrogen (secondary N) is 1. The number of ether oxygens (including phenoxy) is 1. The third-order valence-corrected chi connectivity index (χ3v) is 7.93. The van der Waals surface area contributed by atoms with Crippen LogP contribution >= 0.6 is 11.6 Å². The van der Waals surface area contributed by atoms with Crippen molar-refractivity contribution in [2.24, 2.45) is 0 Å². The molecule has 11 heteroatoms. The number of benzene rings is 2. The van der Waals surface area contributed by atoms with E-state index in [2.05, 4.69) is 10.3 Å². The van der Waals surface area contributed by atoms with Crippen molar-refractivity contribution in [3.8, 4) is 11.3 Å². The number of nitrogens with zero attached hydrogens (tertiary/aromatic N) is 3. The van der Waals surface area contributed by atoms with Crippen LogP contribution in [0, 0.1) is 5.82 Å². The van der Waals surface area contributed by atoms with E-state index in [1.54, 1.807) is 64.4 Å². The number of carbonyl (C=O) groups excluding carboxylic acids is 1. The molecular weight excluding hydrogens is 561 g/mol. The van der Waals surface area contributed by atoms with Gasteiger partial charge in [0.1, 0.15) is 17.3 Å². The minimum Gasteiger partial charge on any atom is -0.465 e. The van der Waals surface area contributed by atoms with Gasteiger partial charge in [-0.25, -0.2) is 19.2 Å². The van der Waals surface area contributed by atoms with E-state index in [-0.39, 0.29) is 29.9 Å². The van der Waals surface area contributed by atoms with E-state index in [9.17, 15) is 14.7 Å². The van der Waals surface area contributed by atoms with Crippen molar-refractivity contribution in [3.05, 3.63) is 76.3 Å². The van der Waals surface area contributed by atoms with Crippen LogP contribution in [-0.2, 0) is 4.74 Å². The molecule has 224 valence electrons. The molecule has 0 saturated heterocycles. The quantitative estimate of drug-likeness (QED) is 0.272.